The summed E-state index contributed by atoms with van der Waals surface area (Å²) in [7, 11) is 3.41. The smallest absolute Gasteiger partial charge is 0.127 e. The molecule has 0 aromatic heterocycles. The van der Waals surface area contributed by atoms with Gasteiger partial charge in [-0.3, -0.25) is 5.41 Å². The lowest BCUT2D eigenvalue weighted by Crippen LogP contribution is -2.28. The predicted molar refractivity (Wildman–Crippen MR) is 33.0 cm³/mol. The first-order valence-electron chi connectivity index (χ1n) is 2.47. The van der Waals surface area contributed by atoms with Crippen LogP contribution < -0.4 is 0 Å². The van der Waals surface area contributed by atoms with Crippen LogP contribution in [0.4, 0.5) is 0 Å². The molecule has 48 valence electrons. The van der Waals surface area contributed by atoms with Crippen molar-refractivity contribution < 1.29 is 4.74 Å². The zero-order valence-corrected chi connectivity index (χ0v) is 5.51. The second-order valence-corrected chi connectivity index (χ2v) is 1.63. The maximum absolute atomic E-state index is 6.76. The van der Waals surface area contributed by atoms with Gasteiger partial charge >= 0.3 is 0 Å². The molecule has 0 fully saturated rings. The van der Waals surface area contributed by atoms with Crippen LogP contribution in [-0.4, -0.2) is 31.6 Å². The molecule has 0 aromatic rings. The largest absolute Gasteiger partial charge is 0.362 e. The van der Waals surface area contributed by atoms with Crippen molar-refractivity contribution in [1.29, 1.82) is 5.41 Å². The van der Waals surface area contributed by atoms with E-state index in [4.69, 9.17) is 10.1 Å². The van der Waals surface area contributed by atoms with Crippen LogP contribution in [0.15, 0.2) is 0 Å². The molecule has 0 spiro atoms. The van der Waals surface area contributed by atoms with Gasteiger partial charge in [-0.15, -0.1) is 0 Å². The minimum Gasteiger partial charge on any atom is -0.362 e. The van der Waals surface area contributed by atoms with Crippen molar-refractivity contribution in [3.8, 4) is 0 Å². The molecule has 0 radical (unpaired) electrons. The molecular weight excluding hydrogens is 104 g/mol. The Kier molecular flexibility index (Phi) is 3.19. The van der Waals surface area contributed by atoms with Crippen molar-refractivity contribution >= 4 is 6.34 Å². The topological polar surface area (TPSA) is 36.3 Å². The third kappa shape index (κ3) is 1.93. The fourth-order valence-electron chi connectivity index (χ4n) is 0.271. The Morgan fingerprint density at radius 3 is 2.38 bits per heavy atom. The number of methoxy groups -OCH3 is 1. The highest BCUT2D eigenvalue weighted by molar-refractivity contribution is 5.49. The molecule has 8 heavy (non-hydrogen) atoms. The molecule has 0 aliphatic carbocycles. The summed E-state index contributed by atoms with van der Waals surface area (Å²) in [6, 6.07) is 0. The van der Waals surface area contributed by atoms with E-state index < -0.39 is 0 Å². The summed E-state index contributed by atoms with van der Waals surface area (Å²) in [4.78, 5) is 1.67. The Hall–Kier alpha value is -0.570. The molecule has 0 aromatic carbocycles. The van der Waals surface area contributed by atoms with E-state index in [1.807, 2.05) is 6.92 Å². The summed E-state index contributed by atoms with van der Waals surface area (Å²) in [5, 5.41) is 6.76. The van der Waals surface area contributed by atoms with Crippen molar-refractivity contribution in [2.45, 2.75) is 13.2 Å². The number of hydrogen-bond donors (Lipinski definition) is 1. The zero-order chi connectivity index (χ0) is 6.57. The van der Waals surface area contributed by atoms with Crippen molar-refractivity contribution in [2.75, 3.05) is 14.2 Å². The molecule has 0 bridgehead atoms. The van der Waals surface area contributed by atoms with Crippen LogP contribution in [0.25, 0.3) is 0 Å². The van der Waals surface area contributed by atoms with Gasteiger partial charge in [0.05, 0.1) is 6.34 Å². The average molecular weight is 116 g/mol. The summed E-state index contributed by atoms with van der Waals surface area (Å²) in [5.74, 6) is 0. The normalized spacial score (nSPS) is 12.9. The number of ether oxygens (including phenoxy) is 1. The number of hydrogen-bond acceptors (Lipinski definition) is 2. The summed E-state index contributed by atoms with van der Waals surface area (Å²) in [5.41, 5.74) is 0. The van der Waals surface area contributed by atoms with Crippen LogP contribution in [-0.2, 0) is 4.74 Å². The van der Waals surface area contributed by atoms with Crippen LogP contribution >= 0.6 is 0 Å². The fraction of sp³-hybridized carbons (Fsp3) is 0.800. The summed E-state index contributed by atoms with van der Waals surface area (Å²) in [6.07, 6.45) is 1.24. The van der Waals surface area contributed by atoms with Gasteiger partial charge in [0.1, 0.15) is 6.23 Å². The van der Waals surface area contributed by atoms with E-state index in [9.17, 15) is 0 Å². The number of nitrogens with one attached hydrogen (secondary N) is 1. The molecule has 0 aliphatic heterocycles. The van der Waals surface area contributed by atoms with Gasteiger partial charge in [0, 0.05) is 14.2 Å². The minimum absolute atomic E-state index is 0.00694. The standard InChI is InChI=1S/C5H12N2O/c1-5(8-3)7(2)4-6/h4-6H,1-3H3. The lowest BCUT2D eigenvalue weighted by Gasteiger charge is -2.18. The van der Waals surface area contributed by atoms with E-state index in [1.165, 1.54) is 6.34 Å². The second-order valence-electron chi connectivity index (χ2n) is 1.63. The van der Waals surface area contributed by atoms with Gasteiger partial charge in [-0.05, 0) is 6.92 Å². The molecule has 0 rings (SSSR count). The average Bonchev–Trinajstić information content (AvgIpc) is 1.84. The quantitative estimate of drug-likeness (QED) is 0.331. The van der Waals surface area contributed by atoms with Crippen LogP contribution in [0.2, 0.25) is 0 Å². The van der Waals surface area contributed by atoms with Gasteiger partial charge in [0.15, 0.2) is 0 Å². The van der Waals surface area contributed by atoms with Crippen molar-refractivity contribution in [1.82, 2.24) is 4.90 Å². The first kappa shape index (κ1) is 7.43. The third-order valence-corrected chi connectivity index (χ3v) is 1.12. The van der Waals surface area contributed by atoms with Crippen molar-refractivity contribution in [3.05, 3.63) is 0 Å². The molecule has 0 aliphatic rings. The van der Waals surface area contributed by atoms with Gasteiger partial charge < -0.3 is 9.64 Å². The highest BCUT2D eigenvalue weighted by Gasteiger charge is 1.99. The summed E-state index contributed by atoms with van der Waals surface area (Å²) < 4.78 is 4.88. The Labute approximate surface area is 49.8 Å². The Bertz CT molecular complexity index is 74.8. The van der Waals surface area contributed by atoms with Gasteiger partial charge in [-0.25, -0.2) is 0 Å². The molecule has 0 saturated carbocycles. The molecule has 0 heterocycles. The molecule has 3 nitrogen and oxygen atoms in total. The zero-order valence-electron chi connectivity index (χ0n) is 5.51. The van der Waals surface area contributed by atoms with E-state index in [0.29, 0.717) is 0 Å². The second kappa shape index (κ2) is 3.43. The molecule has 3 heteroatoms. The van der Waals surface area contributed by atoms with Crippen molar-refractivity contribution in [2.24, 2.45) is 0 Å². The Morgan fingerprint density at radius 2 is 2.25 bits per heavy atom. The number of nitrogens with zero attached hydrogens (tertiary/aromatic N) is 1. The summed E-state index contributed by atoms with van der Waals surface area (Å²) >= 11 is 0. The first-order valence-corrected chi connectivity index (χ1v) is 2.47. The lowest BCUT2D eigenvalue weighted by molar-refractivity contribution is 0.0374. The molecular formula is C5H12N2O. The summed E-state index contributed by atoms with van der Waals surface area (Å²) in [6.45, 7) is 1.88. The predicted octanol–water partition coefficient (Wildman–Crippen LogP) is 0.518. The van der Waals surface area contributed by atoms with Crippen LogP contribution in [0.1, 0.15) is 6.92 Å². The fourth-order valence-corrected chi connectivity index (χ4v) is 0.271. The monoisotopic (exact) mass is 116 g/mol. The van der Waals surface area contributed by atoms with Gasteiger partial charge in [-0.1, -0.05) is 0 Å². The van der Waals surface area contributed by atoms with E-state index in [-0.39, 0.29) is 6.23 Å². The highest BCUT2D eigenvalue weighted by Crippen LogP contribution is 1.89. The maximum Gasteiger partial charge on any atom is 0.127 e. The molecule has 1 atom stereocenters. The van der Waals surface area contributed by atoms with E-state index in [1.54, 1.807) is 19.1 Å². The Morgan fingerprint density at radius 1 is 1.75 bits per heavy atom. The van der Waals surface area contributed by atoms with E-state index in [0.717, 1.165) is 0 Å². The van der Waals surface area contributed by atoms with Crippen LogP contribution in [0.3, 0.4) is 0 Å². The third-order valence-electron chi connectivity index (χ3n) is 1.12. The maximum atomic E-state index is 6.76. The molecule has 1 unspecified atom stereocenters. The van der Waals surface area contributed by atoms with E-state index >= 15 is 0 Å². The van der Waals surface area contributed by atoms with Gasteiger partial charge in [0.25, 0.3) is 0 Å². The Balaban J connectivity index is 3.44. The van der Waals surface area contributed by atoms with Crippen LogP contribution in [0, 0.1) is 5.41 Å². The molecule has 1 N–H and O–H groups in total. The first-order chi connectivity index (χ1) is 3.72. The van der Waals surface area contributed by atoms with Crippen LogP contribution in [0.5, 0.6) is 0 Å². The SMILES string of the molecule is COC(C)N(C)C=N. The van der Waals surface area contributed by atoms with Crippen molar-refractivity contribution in [3.63, 3.8) is 0 Å². The lowest BCUT2D eigenvalue weighted by atomic mass is 10.6. The van der Waals surface area contributed by atoms with Gasteiger partial charge in [-0.2, -0.15) is 0 Å². The van der Waals surface area contributed by atoms with E-state index in [2.05, 4.69) is 0 Å². The van der Waals surface area contributed by atoms with Gasteiger partial charge in [0.2, 0.25) is 0 Å². The number of rotatable bonds is 3. The highest BCUT2D eigenvalue weighted by atomic mass is 16.5. The molecule has 0 amide bonds. The molecule has 0 saturated heterocycles. The minimum atomic E-state index is 0.00694.